The monoisotopic (exact) mass is 361 g/mol. The topological polar surface area (TPSA) is 46.1 Å². The van der Waals surface area contributed by atoms with Crippen LogP contribution in [0.2, 0.25) is 0 Å². The van der Waals surface area contributed by atoms with Crippen LogP contribution in [0.15, 0.2) is 54.6 Å². The highest BCUT2D eigenvalue weighted by atomic mass is 32.1. The number of benzene rings is 2. The van der Waals surface area contributed by atoms with Crippen molar-refractivity contribution in [3.8, 4) is 0 Å². The maximum Gasteiger partial charge on any atom is 0.254 e. The first-order valence-corrected chi connectivity index (χ1v) is 9.35. The summed E-state index contributed by atoms with van der Waals surface area (Å²) in [5, 5.41) is 1.82. The van der Waals surface area contributed by atoms with Gasteiger partial charge in [0.05, 0.1) is 27.3 Å². The lowest BCUT2D eigenvalue weighted by Gasteiger charge is -2.24. The van der Waals surface area contributed by atoms with E-state index in [2.05, 4.69) is 11.1 Å². The first-order valence-electron chi connectivity index (χ1n) is 8.53. The molecule has 26 heavy (non-hydrogen) atoms. The van der Waals surface area contributed by atoms with Gasteiger partial charge < -0.3 is 4.90 Å². The predicted octanol–water partition coefficient (Wildman–Crippen LogP) is 4.99. The summed E-state index contributed by atoms with van der Waals surface area (Å²) >= 11 is 1.64. The third-order valence-corrected chi connectivity index (χ3v) is 5.85. The van der Waals surface area contributed by atoms with Gasteiger partial charge in [-0.2, -0.15) is 0 Å². The molecule has 130 valence electrons. The van der Waals surface area contributed by atoms with E-state index >= 15 is 0 Å². The Kier molecular flexibility index (Phi) is 4.17. The van der Waals surface area contributed by atoms with E-state index in [9.17, 15) is 4.79 Å². The van der Waals surface area contributed by atoms with Crippen molar-refractivity contribution in [1.29, 1.82) is 0 Å². The van der Waals surface area contributed by atoms with Crippen LogP contribution in [0, 0.1) is 6.92 Å². The highest BCUT2D eigenvalue weighted by molar-refractivity contribution is 7.18. The second-order valence-electron chi connectivity index (χ2n) is 6.44. The minimum Gasteiger partial charge on any atom is -0.332 e. The molecule has 1 atom stereocenters. The first-order chi connectivity index (χ1) is 12.5. The number of para-hydroxylation sites is 2. The Morgan fingerprint density at radius 1 is 1.04 bits per heavy atom. The molecular weight excluding hydrogens is 342 g/mol. The molecule has 5 heteroatoms. The van der Waals surface area contributed by atoms with Crippen LogP contribution in [-0.2, 0) is 0 Å². The summed E-state index contributed by atoms with van der Waals surface area (Å²) < 4.78 is 1.14. The molecule has 0 fully saturated rings. The van der Waals surface area contributed by atoms with Crippen molar-refractivity contribution >= 4 is 38.4 Å². The Morgan fingerprint density at radius 2 is 1.73 bits per heavy atom. The fourth-order valence-corrected chi connectivity index (χ4v) is 4.15. The Hall–Kier alpha value is -2.79. The van der Waals surface area contributed by atoms with Gasteiger partial charge in [0.2, 0.25) is 0 Å². The highest BCUT2D eigenvalue weighted by Gasteiger charge is 2.23. The quantitative estimate of drug-likeness (QED) is 0.517. The molecule has 0 saturated carbocycles. The van der Waals surface area contributed by atoms with Gasteiger partial charge >= 0.3 is 0 Å². The Labute approximate surface area is 156 Å². The summed E-state index contributed by atoms with van der Waals surface area (Å²) in [5.74, 6) is -0.0153. The van der Waals surface area contributed by atoms with Gasteiger partial charge in [-0.3, -0.25) is 9.78 Å². The molecule has 2 aromatic carbocycles. The van der Waals surface area contributed by atoms with Crippen molar-refractivity contribution in [2.45, 2.75) is 19.9 Å². The van der Waals surface area contributed by atoms with Gasteiger partial charge in [0.25, 0.3) is 5.91 Å². The zero-order valence-electron chi connectivity index (χ0n) is 14.9. The summed E-state index contributed by atoms with van der Waals surface area (Å²) in [5.41, 5.74) is 3.35. The molecule has 4 rings (SSSR count). The van der Waals surface area contributed by atoms with Crippen LogP contribution in [0.25, 0.3) is 21.1 Å². The molecule has 0 aliphatic rings. The van der Waals surface area contributed by atoms with Crippen molar-refractivity contribution in [3.05, 3.63) is 70.9 Å². The Balaban J connectivity index is 1.71. The normalized spacial score (nSPS) is 12.4. The second kappa shape index (κ2) is 6.50. The minimum atomic E-state index is -0.105. The number of pyridine rings is 1. The number of carbonyl (C=O) groups excluding carboxylic acids is 1. The molecule has 2 heterocycles. The van der Waals surface area contributed by atoms with Crippen molar-refractivity contribution in [2.75, 3.05) is 7.05 Å². The number of hydrogen-bond donors (Lipinski definition) is 0. The van der Waals surface area contributed by atoms with Gasteiger partial charge in [0, 0.05) is 18.1 Å². The average Bonchev–Trinajstić information content (AvgIpc) is 3.09. The lowest BCUT2D eigenvalue weighted by molar-refractivity contribution is 0.0744. The number of carbonyl (C=O) groups is 1. The van der Waals surface area contributed by atoms with Gasteiger partial charge in [-0.25, -0.2) is 4.98 Å². The average molecular weight is 361 g/mol. The minimum absolute atomic E-state index is 0.0153. The van der Waals surface area contributed by atoms with Gasteiger partial charge in [-0.15, -0.1) is 11.3 Å². The fraction of sp³-hybridized carbons (Fsp3) is 0.190. The number of hydrogen-bond acceptors (Lipinski definition) is 4. The lowest BCUT2D eigenvalue weighted by Crippen LogP contribution is -2.30. The smallest absolute Gasteiger partial charge is 0.254 e. The molecule has 1 amide bonds. The van der Waals surface area contributed by atoms with Crippen molar-refractivity contribution in [1.82, 2.24) is 14.9 Å². The molecule has 0 saturated heterocycles. The number of fused-ring (bicyclic) bond motifs is 2. The van der Waals surface area contributed by atoms with E-state index in [0.717, 1.165) is 31.8 Å². The summed E-state index contributed by atoms with van der Waals surface area (Å²) in [6.45, 7) is 3.94. The fourth-order valence-electron chi connectivity index (χ4n) is 3.09. The lowest BCUT2D eigenvalue weighted by atomic mass is 10.1. The van der Waals surface area contributed by atoms with Crippen LogP contribution >= 0.6 is 11.3 Å². The van der Waals surface area contributed by atoms with Crippen LogP contribution in [0.5, 0.6) is 0 Å². The molecule has 2 aromatic heterocycles. The molecule has 0 aliphatic heterocycles. The van der Waals surface area contributed by atoms with E-state index in [4.69, 9.17) is 4.98 Å². The van der Waals surface area contributed by atoms with E-state index in [-0.39, 0.29) is 11.9 Å². The van der Waals surface area contributed by atoms with E-state index in [1.165, 1.54) is 0 Å². The van der Waals surface area contributed by atoms with E-state index in [0.29, 0.717) is 5.56 Å². The molecule has 4 nitrogen and oxygen atoms in total. The zero-order valence-corrected chi connectivity index (χ0v) is 15.7. The van der Waals surface area contributed by atoms with Crippen LogP contribution in [-0.4, -0.2) is 27.8 Å². The standard InChI is InChI=1S/C21H19N3OS/c1-13-12-16(15-8-4-5-9-17(15)22-13)21(25)24(3)14(2)20-23-18-10-6-7-11-19(18)26-20/h4-12,14H,1-3H3/t14-/m1/s1. The molecule has 0 aliphatic carbocycles. The maximum atomic E-state index is 13.2. The molecule has 0 radical (unpaired) electrons. The summed E-state index contributed by atoms with van der Waals surface area (Å²) in [4.78, 5) is 24.2. The number of aryl methyl sites for hydroxylation is 1. The number of thiazole rings is 1. The van der Waals surface area contributed by atoms with Crippen molar-refractivity contribution in [3.63, 3.8) is 0 Å². The number of nitrogens with zero attached hydrogens (tertiary/aromatic N) is 3. The second-order valence-corrected chi connectivity index (χ2v) is 7.50. The third-order valence-electron chi connectivity index (χ3n) is 4.64. The SMILES string of the molecule is Cc1cc(C(=O)N(C)[C@H](C)c2nc3ccccc3s2)c2ccccc2n1. The highest BCUT2D eigenvalue weighted by Crippen LogP contribution is 2.30. The van der Waals surface area contributed by atoms with Crippen LogP contribution < -0.4 is 0 Å². The zero-order chi connectivity index (χ0) is 18.3. The molecule has 0 unspecified atom stereocenters. The van der Waals surface area contributed by atoms with Crippen molar-refractivity contribution < 1.29 is 4.79 Å². The molecule has 0 bridgehead atoms. The first kappa shape index (κ1) is 16.7. The van der Waals surface area contributed by atoms with Crippen LogP contribution in [0.1, 0.15) is 34.0 Å². The van der Waals surface area contributed by atoms with Crippen LogP contribution in [0.3, 0.4) is 0 Å². The third kappa shape index (κ3) is 2.84. The molecular formula is C21H19N3OS. The Bertz CT molecular complexity index is 1090. The van der Waals surface area contributed by atoms with Gasteiger partial charge in [0.1, 0.15) is 5.01 Å². The summed E-state index contributed by atoms with van der Waals surface area (Å²) in [6.07, 6.45) is 0. The van der Waals surface area contributed by atoms with E-state index < -0.39 is 0 Å². The summed E-state index contributed by atoms with van der Waals surface area (Å²) in [7, 11) is 1.84. The number of aromatic nitrogens is 2. The molecule has 0 spiro atoms. The largest absolute Gasteiger partial charge is 0.332 e. The molecule has 0 N–H and O–H groups in total. The van der Waals surface area contributed by atoms with E-state index in [1.54, 1.807) is 16.2 Å². The van der Waals surface area contributed by atoms with Crippen LogP contribution in [0.4, 0.5) is 0 Å². The Morgan fingerprint density at radius 3 is 2.50 bits per heavy atom. The molecule has 4 aromatic rings. The van der Waals surface area contributed by atoms with Gasteiger partial charge in [-0.05, 0) is 38.1 Å². The van der Waals surface area contributed by atoms with E-state index in [1.807, 2.05) is 69.4 Å². The van der Waals surface area contributed by atoms with Gasteiger partial charge in [0.15, 0.2) is 0 Å². The number of rotatable bonds is 3. The van der Waals surface area contributed by atoms with Crippen molar-refractivity contribution in [2.24, 2.45) is 0 Å². The maximum absolute atomic E-state index is 13.2. The van der Waals surface area contributed by atoms with Gasteiger partial charge in [-0.1, -0.05) is 30.3 Å². The summed E-state index contributed by atoms with van der Waals surface area (Å²) in [6, 6.07) is 17.6. The predicted molar refractivity (Wildman–Crippen MR) is 107 cm³/mol. The number of amides is 1.